The fraction of sp³-hybridized carbons (Fsp3) is 0.471. The number of allylic oxidation sites excluding steroid dienone is 2. The monoisotopic (exact) mass is 254 g/mol. The van der Waals surface area contributed by atoms with E-state index in [1.807, 2.05) is 20.8 Å². The molecule has 0 fully saturated rings. The molecule has 2 heteroatoms. The van der Waals surface area contributed by atoms with Gasteiger partial charge in [-0.1, -0.05) is 36.5 Å². The summed E-state index contributed by atoms with van der Waals surface area (Å²) in [5.41, 5.74) is 6.37. The number of benzene rings is 1. The van der Waals surface area contributed by atoms with Gasteiger partial charge in [0.25, 0.3) is 0 Å². The molecule has 0 bridgehead atoms. The van der Waals surface area contributed by atoms with Gasteiger partial charge in [0, 0.05) is 6.42 Å². The van der Waals surface area contributed by atoms with Crippen molar-refractivity contribution in [2.75, 3.05) is 0 Å². The lowest BCUT2D eigenvalue weighted by atomic mass is 9.79. The van der Waals surface area contributed by atoms with E-state index in [0.29, 0.717) is 12.3 Å². The van der Waals surface area contributed by atoms with Crippen molar-refractivity contribution in [1.29, 1.82) is 0 Å². The van der Waals surface area contributed by atoms with E-state index >= 15 is 0 Å². The predicted molar refractivity (Wildman–Crippen MR) is 83.5 cm³/mol. The molecule has 19 heavy (non-hydrogen) atoms. The van der Waals surface area contributed by atoms with Crippen LogP contribution in [0.3, 0.4) is 0 Å². The summed E-state index contributed by atoms with van der Waals surface area (Å²) in [5, 5.41) is 0. The molecule has 1 rings (SSSR count). The molecule has 0 saturated carbocycles. The van der Waals surface area contributed by atoms with Crippen LogP contribution in [0.4, 0.5) is 0 Å². The fourth-order valence-corrected chi connectivity index (χ4v) is 2.34. The number of hydrogen-bond acceptors (Lipinski definition) is 1. The lowest BCUT2D eigenvalue weighted by molar-refractivity contribution is -0.114. The average Bonchev–Trinajstić information content (AvgIpc) is 2.28. The van der Waals surface area contributed by atoms with E-state index in [-0.39, 0.29) is 5.78 Å². The van der Waals surface area contributed by atoms with Crippen LogP contribution < -0.4 is 5.46 Å². The van der Waals surface area contributed by atoms with Gasteiger partial charge in [-0.2, -0.15) is 0 Å². The highest BCUT2D eigenvalue weighted by Gasteiger charge is 2.13. The second-order valence-electron chi connectivity index (χ2n) is 5.81. The smallest absolute Gasteiger partial charge is 0.159 e. The first-order valence-electron chi connectivity index (χ1n) is 6.80. The van der Waals surface area contributed by atoms with Gasteiger partial charge in [-0.3, -0.25) is 4.79 Å². The van der Waals surface area contributed by atoms with Gasteiger partial charge in [0.15, 0.2) is 5.78 Å². The first-order valence-corrected chi connectivity index (χ1v) is 6.80. The van der Waals surface area contributed by atoms with Crippen LogP contribution in [0.2, 0.25) is 0 Å². The summed E-state index contributed by atoms with van der Waals surface area (Å²) < 4.78 is 0. The number of rotatable bonds is 4. The molecular formula is C17H23BO. The Morgan fingerprint density at radius 1 is 1.26 bits per heavy atom. The van der Waals surface area contributed by atoms with Gasteiger partial charge in [0.05, 0.1) is 0 Å². The molecule has 0 aliphatic heterocycles. The van der Waals surface area contributed by atoms with Crippen LogP contribution in [0, 0.1) is 13.8 Å². The Kier molecular flexibility index (Phi) is 5.16. The summed E-state index contributed by atoms with van der Waals surface area (Å²) in [5.74, 6) is 0.557. The van der Waals surface area contributed by atoms with Crippen molar-refractivity contribution in [3.63, 3.8) is 0 Å². The van der Waals surface area contributed by atoms with E-state index < -0.39 is 0 Å². The van der Waals surface area contributed by atoms with Crippen LogP contribution in [-0.2, 0) is 11.2 Å². The Morgan fingerprint density at radius 2 is 1.84 bits per heavy atom. The maximum atomic E-state index is 11.9. The molecule has 100 valence electrons. The normalized spacial score (nSPS) is 10.7. The van der Waals surface area contributed by atoms with E-state index in [1.54, 1.807) is 6.08 Å². The SMILES string of the molecule is [B]c1c(CC(=O)C=C(C)C)cc(C(C)C)c(C)c1C. The third-order valence-electron chi connectivity index (χ3n) is 3.51. The van der Waals surface area contributed by atoms with Crippen molar-refractivity contribution >= 4 is 19.1 Å². The average molecular weight is 254 g/mol. The van der Waals surface area contributed by atoms with E-state index in [2.05, 4.69) is 26.8 Å². The summed E-state index contributed by atoms with van der Waals surface area (Å²) >= 11 is 0. The molecule has 0 aliphatic rings. The van der Waals surface area contributed by atoms with Crippen molar-refractivity contribution in [1.82, 2.24) is 0 Å². The fourth-order valence-electron chi connectivity index (χ4n) is 2.34. The van der Waals surface area contributed by atoms with Gasteiger partial charge in [-0.25, -0.2) is 0 Å². The third-order valence-corrected chi connectivity index (χ3v) is 3.51. The summed E-state index contributed by atoms with van der Waals surface area (Å²) in [7, 11) is 6.16. The molecule has 0 N–H and O–H groups in total. The van der Waals surface area contributed by atoms with Crippen molar-refractivity contribution in [2.24, 2.45) is 0 Å². The number of ketones is 1. The van der Waals surface area contributed by atoms with Gasteiger partial charge in [0.2, 0.25) is 0 Å². The molecule has 1 nitrogen and oxygen atoms in total. The Bertz CT molecular complexity index is 521. The van der Waals surface area contributed by atoms with Gasteiger partial charge in [-0.05, 0) is 56.4 Å². The Hall–Kier alpha value is -1.31. The van der Waals surface area contributed by atoms with Crippen LogP contribution >= 0.6 is 0 Å². The summed E-state index contributed by atoms with van der Waals surface area (Å²) in [4.78, 5) is 11.9. The molecular weight excluding hydrogens is 231 g/mol. The maximum Gasteiger partial charge on any atom is 0.159 e. The molecule has 0 spiro atoms. The Balaban J connectivity index is 3.22. The quantitative estimate of drug-likeness (QED) is 0.595. The summed E-state index contributed by atoms with van der Waals surface area (Å²) in [6, 6.07) is 2.10. The molecule has 0 heterocycles. The molecule has 0 aromatic heterocycles. The highest BCUT2D eigenvalue weighted by Crippen LogP contribution is 2.22. The van der Waals surface area contributed by atoms with Crippen molar-refractivity contribution in [3.05, 3.63) is 40.0 Å². The summed E-state index contributed by atoms with van der Waals surface area (Å²) in [6.07, 6.45) is 2.07. The van der Waals surface area contributed by atoms with Crippen LogP contribution in [0.15, 0.2) is 17.7 Å². The maximum absolute atomic E-state index is 11.9. The zero-order chi connectivity index (χ0) is 14.7. The minimum atomic E-state index is 0.115. The largest absolute Gasteiger partial charge is 0.294 e. The van der Waals surface area contributed by atoms with Gasteiger partial charge in [-0.15, -0.1) is 0 Å². The molecule has 1 aromatic carbocycles. The first kappa shape index (κ1) is 15.8. The van der Waals surface area contributed by atoms with E-state index in [9.17, 15) is 4.79 Å². The van der Waals surface area contributed by atoms with E-state index in [0.717, 1.165) is 22.2 Å². The van der Waals surface area contributed by atoms with Gasteiger partial charge in [0.1, 0.15) is 7.85 Å². The van der Waals surface area contributed by atoms with Crippen LogP contribution in [-0.4, -0.2) is 13.6 Å². The topological polar surface area (TPSA) is 17.1 Å². The van der Waals surface area contributed by atoms with Crippen LogP contribution in [0.25, 0.3) is 0 Å². The second-order valence-corrected chi connectivity index (χ2v) is 5.81. The van der Waals surface area contributed by atoms with E-state index in [1.165, 1.54) is 11.1 Å². The second kappa shape index (κ2) is 6.23. The first-order chi connectivity index (χ1) is 8.73. The highest BCUT2D eigenvalue weighted by atomic mass is 16.1. The number of carbonyl (C=O) groups excluding carboxylic acids is 1. The van der Waals surface area contributed by atoms with Crippen molar-refractivity contribution in [3.8, 4) is 0 Å². The highest BCUT2D eigenvalue weighted by molar-refractivity contribution is 6.34. The molecule has 1 aromatic rings. The summed E-state index contributed by atoms with van der Waals surface area (Å²) in [6.45, 7) is 12.3. The third kappa shape index (κ3) is 3.83. The van der Waals surface area contributed by atoms with Crippen molar-refractivity contribution in [2.45, 2.75) is 53.9 Å². The number of carbonyl (C=O) groups is 1. The van der Waals surface area contributed by atoms with Crippen LogP contribution in [0.1, 0.15) is 55.9 Å². The Morgan fingerprint density at radius 3 is 2.32 bits per heavy atom. The lowest BCUT2D eigenvalue weighted by Crippen LogP contribution is -2.20. The molecule has 0 atom stereocenters. The minimum absolute atomic E-state index is 0.115. The zero-order valence-electron chi connectivity index (χ0n) is 12.9. The zero-order valence-corrected chi connectivity index (χ0v) is 12.9. The minimum Gasteiger partial charge on any atom is -0.294 e. The molecule has 0 saturated heterocycles. The van der Waals surface area contributed by atoms with Crippen molar-refractivity contribution < 1.29 is 4.79 Å². The standard InChI is InChI=1S/C17H23BO/c1-10(2)7-15(19)8-14-9-16(11(3)4)12(5)13(6)17(14)18/h7,9,11H,8H2,1-6H3. The van der Waals surface area contributed by atoms with Gasteiger partial charge >= 0.3 is 0 Å². The Labute approximate surface area is 118 Å². The molecule has 0 amide bonds. The molecule has 0 aliphatic carbocycles. The molecule has 2 radical (unpaired) electrons. The van der Waals surface area contributed by atoms with Gasteiger partial charge < -0.3 is 0 Å². The molecule has 0 unspecified atom stereocenters. The lowest BCUT2D eigenvalue weighted by Gasteiger charge is -2.18. The van der Waals surface area contributed by atoms with Crippen LogP contribution in [0.5, 0.6) is 0 Å². The predicted octanol–water partition coefficient (Wildman–Crippen LogP) is 3.30. The number of hydrogen-bond donors (Lipinski definition) is 0. The van der Waals surface area contributed by atoms with E-state index in [4.69, 9.17) is 7.85 Å².